The zero-order valence-corrected chi connectivity index (χ0v) is 21.3. The predicted octanol–water partition coefficient (Wildman–Crippen LogP) is 3.01. The van der Waals surface area contributed by atoms with Crippen LogP contribution in [0.2, 0.25) is 0 Å². The van der Waals surface area contributed by atoms with E-state index in [1.54, 1.807) is 13.2 Å². The van der Waals surface area contributed by atoms with Crippen LogP contribution >= 0.6 is 11.9 Å². The van der Waals surface area contributed by atoms with Crippen molar-refractivity contribution in [3.05, 3.63) is 71.8 Å². The third-order valence-electron chi connectivity index (χ3n) is 3.60. The number of sulfone groups is 1. The molecule has 35 heavy (non-hydrogen) atoms. The number of benzene rings is 2. The third-order valence-corrected chi connectivity index (χ3v) is 4.88. The van der Waals surface area contributed by atoms with Crippen molar-refractivity contribution < 1.29 is 37.0 Å². The van der Waals surface area contributed by atoms with Crippen LogP contribution in [0.15, 0.2) is 60.7 Å². The number of primary amides is 2. The van der Waals surface area contributed by atoms with Gasteiger partial charge in [-0.05, 0) is 18.1 Å². The highest BCUT2D eigenvalue weighted by Gasteiger charge is 2.16. The maximum Gasteiger partial charge on any atom is 0.417 e. The number of nitrogens with two attached hydrogens (primary N) is 2. The van der Waals surface area contributed by atoms with Crippen LogP contribution in [0.4, 0.5) is 14.4 Å². The third kappa shape index (κ3) is 17.7. The molecule has 0 unspecified atom stereocenters. The Morgan fingerprint density at radius 1 is 0.914 bits per heavy atom. The molecule has 0 radical (unpaired) electrons. The Bertz CT molecular complexity index is 943. The Morgan fingerprint density at radius 2 is 1.40 bits per heavy atom. The molecule has 0 aromatic heterocycles. The van der Waals surface area contributed by atoms with Crippen molar-refractivity contribution in [2.45, 2.75) is 13.0 Å². The van der Waals surface area contributed by atoms with Crippen molar-refractivity contribution in [2.75, 3.05) is 31.5 Å². The quantitative estimate of drug-likeness (QED) is 0.342. The lowest BCUT2D eigenvalue weighted by Gasteiger charge is -2.17. The summed E-state index contributed by atoms with van der Waals surface area (Å²) in [4.78, 5) is 31.1. The number of hydrogen-bond donors (Lipinski definition) is 3. The number of ether oxygens (including phenoxy) is 3. The van der Waals surface area contributed by atoms with Crippen LogP contribution in [-0.4, -0.2) is 58.2 Å². The maximum absolute atomic E-state index is 11.0. The lowest BCUT2D eigenvalue weighted by Crippen LogP contribution is -2.18. The molecule has 0 aliphatic rings. The molecule has 0 heterocycles. The summed E-state index contributed by atoms with van der Waals surface area (Å²) in [6, 6.07) is 19.0. The average molecular weight is 530 g/mol. The Hall–Kier alpha value is -3.45. The molecule has 0 aliphatic heterocycles. The minimum absolute atomic E-state index is 0.172. The minimum Gasteiger partial charge on any atom is -0.449 e. The van der Waals surface area contributed by atoms with E-state index < -0.39 is 28.1 Å². The molecule has 11 nitrogen and oxygen atoms in total. The van der Waals surface area contributed by atoms with E-state index in [9.17, 15) is 22.8 Å². The fraction of sp³-hybridized carbons (Fsp3) is 0.318. The number of nitrogens with one attached hydrogen (secondary N) is 1. The van der Waals surface area contributed by atoms with Gasteiger partial charge in [-0.15, -0.1) is 0 Å². The molecule has 0 spiro atoms. The average Bonchev–Trinajstić information content (AvgIpc) is 2.79. The van der Waals surface area contributed by atoms with Crippen LogP contribution in [0, 0.1) is 0 Å². The van der Waals surface area contributed by atoms with Crippen molar-refractivity contribution >= 4 is 40.1 Å². The number of amides is 3. The predicted molar refractivity (Wildman–Crippen MR) is 134 cm³/mol. The van der Waals surface area contributed by atoms with E-state index >= 15 is 0 Å². The summed E-state index contributed by atoms with van der Waals surface area (Å²) in [7, 11) is -3.05. The van der Waals surface area contributed by atoms with Crippen molar-refractivity contribution in [3.8, 4) is 0 Å². The van der Waals surface area contributed by atoms with E-state index in [4.69, 9.17) is 10.5 Å². The summed E-state index contributed by atoms with van der Waals surface area (Å²) in [5.41, 5.74) is 11.5. The smallest absolute Gasteiger partial charge is 0.417 e. The molecule has 0 atom stereocenters. The van der Waals surface area contributed by atoms with Crippen LogP contribution in [-0.2, 0) is 24.0 Å². The van der Waals surface area contributed by atoms with Crippen LogP contribution < -0.4 is 16.2 Å². The first-order valence-corrected chi connectivity index (χ1v) is 13.4. The number of rotatable bonds is 8. The van der Waals surface area contributed by atoms with E-state index in [-0.39, 0.29) is 18.5 Å². The highest BCUT2D eigenvalue weighted by Crippen LogP contribution is 2.25. The molecule has 194 valence electrons. The molecule has 0 aliphatic carbocycles. The van der Waals surface area contributed by atoms with E-state index in [2.05, 4.69) is 19.9 Å². The van der Waals surface area contributed by atoms with Gasteiger partial charge in [0.05, 0.1) is 12.4 Å². The topological polar surface area (TPSA) is 177 Å². The zero-order chi connectivity index (χ0) is 26.7. The van der Waals surface area contributed by atoms with Crippen LogP contribution in [0.1, 0.15) is 24.2 Å². The van der Waals surface area contributed by atoms with Crippen LogP contribution in [0.3, 0.4) is 0 Å². The molecule has 5 N–H and O–H groups in total. The van der Waals surface area contributed by atoms with Gasteiger partial charge in [0.1, 0.15) is 6.61 Å². The summed E-state index contributed by atoms with van der Waals surface area (Å²) >= 11 is 1.23. The second-order valence-corrected chi connectivity index (χ2v) is 9.33. The highest BCUT2D eigenvalue weighted by atomic mass is 32.2. The first-order valence-electron chi connectivity index (χ1n) is 10.1. The second-order valence-electron chi connectivity index (χ2n) is 6.46. The van der Waals surface area contributed by atoms with Gasteiger partial charge in [-0.2, -0.15) is 0 Å². The first kappa shape index (κ1) is 31.6. The van der Waals surface area contributed by atoms with E-state index in [1.165, 1.54) is 11.9 Å². The fourth-order valence-corrected chi connectivity index (χ4v) is 2.85. The lowest BCUT2D eigenvalue weighted by molar-refractivity contribution is 0.126. The van der Waals surface area contributed by atoms with E-state index in [0.29, 0.717) is 6.61 Å². The highest BCUT2D eigenvalue weighted by molar-refractivity contribution is 7.97. The van der Waals surface area contributed by atoms with Crippen molar-refractivity contribution in [3.63, 3.8) is 0 Å². The van der Waals surface area contributed by atoms with Crippen LogP contribution in [0.5, 0.6) is 0 Å². The number of carbonyl (C=O) groups excluding carboxylic acids is 3. The summed E-state index contributed by atoms with van der Waals surface area (Å²) in [5, 5.41) is 0. The van der Waals surface area contributed by atoms with Gasteiger partial charge in [0.15, 0.2) is 15.9 Å². The summed E-state index contributed by atoms with van der Waals surface area (Å²) in [5.74, 6) is -0.185. The fourth-order valence-electron chi connectivity index (χ4n) is 2.24. The Kier molecular flexibility index (Phi) is 16.2. The molecule has 2 rings (SSSR count). The molecule has 0 fully saturated rings. The second kappa shape index (κ2) is 18.0. The maximum atomic E-state index is 11.0. The lowest BCUT2D eigenvalue weighted by atomic mass is 10.0. The van der Waals surface area contributed by atoms with Gasteiger partial charge in [0.2, 0.25) is 0 Å². The molecule has 2 aromatic carbocycles. The molecule has 0 saturated heterocycles. The van der Waals surface area contributed by atoms with Gasteiger partial charge >= 0.3 is 18.3 Å². The standard InChI is InChI=1S/C14H13NO2.C4H9NO4S.C4H9NO2S/c15-14(16)17-13(11-7-3-1-4-8-11)12-9-5-2-6-10-12;1-10(7,8)3-2-9-4(5)6;1-3-7-4(6)5-8-2/h1-10,13H,(H2,15,16);2-3H2,1H3,(H2,5,6);3H2,1-2H3,(H,5,6). The van der Waals surface area contributed by atoms with Crippen LogP contribution in [0.25, 0.3) is 0 Å². The number of carbonyl (C=O) groups is 3. The first-order chi connectivity index (χ1) is 16.5. The summed E-state index contributed by atoms with van der Waals surface area (Å²) in [6.45, 7) is 2.01. The number of hydrogen-bond acceptors (Lipinski definition) is 9. The van der Waals surface area contributed by atoms with Gasteiger partial charge in [-0.3, -0.25) is 4.72 Å². The van der Waals surface area contributed by atoms with Gasteiger partial charge < -0.3 is 25.7 Å². The monoisotopic (exact) mass is 529 g/mol. The van der Waals surface area contributed by atoms with Crippen molar-refractivity contribution in [1.29, 1.82) is 0 Å². The Morgan fingerprint density at radius 3 is 1.74 bits per heavy atom. The molecule has 0 bridgehead atoms. The minimum atomic E-state index is -3.05. The van der Waals surface area contributed by atoms with Gasteiger partial charge in [-0.1, -0.05) is 72.6 Å². The zero-order valence-electron chi connectivity index (χ0n) is 19.7. The van der Waals surface area contributed by atoms with Gasteiger partial charge in [0, 0.05) is 12.5 Å². The molecular formula is C22H31N3O8S2. The molecular weight excluding hydrogens is 498 g/mol. The molecule has 0 saturated carbocycles. The van der Waals surface area contributed by atoms with E-state index in [0.717, 1.165) is 17.4 Å². The normalized spacial score (nSPS) is 9.94. The molecule has 13 heteroatoms. The Balaban J connectivity index is 0.000000551. The SMILES string of the molecule is CCOC(=O)NSC.CS(=O)(=O)CCOC(N)=O.NC(=O)OC(c1ccccc1)c1ccccc1. The van der Waals surface area contributed by atoms with Crippen molar-refractivity contribution in [1.82, 2.24) is 4.72 Å². The summed E-state index contributed by atoms with van der Waals surface area (Å²) < 4.78 is 37.0. The largest absolute Gasteiger partial charge is 0.449 e. The van der Waals surface area contributed by atoms with Gasteiger partial charge in [-0.25, -0.2) is 22.8 Å². The van der Waals surface area contributed by atoms with E-state index in [1.807, 2.05) is 60.7 Å². The molecule has 3 amide bonds. The molecule has 2 aromatic rings. The van der Waals surface area contributed by atoms with Crippen molar-refractivity contribution in [2.24, 2.45) is 11.5 Å². The Labute approximate surface area is 209 Å². The summed E-state index contributed by atoms with van der Waals surface area (Å²) in [6.07, 6.45) is 0.259. The van der Waals surface area contributed by atoms with Gasteiger partial charge in [0.25, 0.3) is 0 Å².